The number of carbonyl (C=O) groups is 1. The molecule has 0 bridgehead atoms. The number of imidazole rings is 1. The van der Waals surface area contributed by atoms with E-state index in [0.717, 1.165) is 56.8 Å². The first-order valence-corrected chi connectivity index (χ1v) is 8.89. The highest BCUT2D eigenvalue weighted by atomic mass is 16.2. The molecule has 0 unspecified atom stereocenters. The lowest BCUT2D eigenvalue weighted by Crippen LogP contribution is -2.44. The number of carbonyl (C=O) groups excluding carboxylic acids is 1. The molecule has 0 saturated carbocycles. The molecule has 2 aliphatic rings. The Morgan fingerprint density at radius 2 is 2.08 bits per heavy atom. The van der Waals surface area contributed by atoms with Gasteiger partial charge in [0.25, 0.3) is 0 Å². The second-order valence-electron chi connectivity index (χ2n) is 7.27. The maximum atomic E-state index is 13.0. The molecule has 2 aliphatic heterocycles. The Morgan fingerprint density at radius 1 is 1.24 bits per heavy atom. The number of piperidine rings is 1. The number of amides is 1. The van der Waals surface area contributed by atoms with E-state index in [1.807, 2.05) is 18.1 Å². The minimum Gasteiger partial charge on any atom is -0.348 e. The molecule has 0 radical (unpaired) electrons. The van der Waals surface area contributed by atoms with Crippen LogP contribution in [0.15, 0.2) is 31.0 Å². The number of likely N-dealkylation sites (tertiary alicyclic amines) is 2. The lowest BCUT2D eigenvalue weighted by Gasteiger charge is -2.37. The fraction of sp³-hybridized carbons (Fsp3) is 0.556. The van der Waals surface area contributed by atoms with Gasteiger partial charge in [-0.25, -0.2) is 4.98 Å². The van der Waals surface area contributed by atoms with Gasteiger partial charge in [0.1, 0.15) is 5.82 Å². The summed E-state index contributed by atoms with van der Waals surface area (Å²) in [6, 6.07) is 0.223. The zero-order valence-electron chi connectivity index (χ0n) is 14.6. The minimum absolute atomic E-state index is 0.193. The first-order chi connectivity index (χ1) is 12.2. The summed E-state index contributed by atoms with van der Waals surface area (Å²) >= 11 is 0. The van der Waals surface area contributed by atoms with Crippen molar-refractivity contribution in [2.75, 3.05) is 20.1 Å². The molecule has 0 aromatic carbocycles. The van der Waals surface area contributed by atoms with Crippen LogP contribution in [-0.4, -0.2) is 61.8 Å². The molecular formula is C18H24N6O. The molecule has 4 rings (SSSR count). The molecule has 4 heterocycles. The van der Waals surface area contributed by atoms with Gasteiger partial charge in [-0.3, -0.25) is 19.7 Å². The Morgan fingerprint density at radius 3 is 2.76 bits per heavy atom. The summed E-state index contributed by atoms with van der Waals surface area (Å²) in [7, 11) is 1.94. The van der Waals surface area contributed by atoms with E-state index in [2.05, 4.69) is 24.8 Å². The molecule has 1 atom stereocenters. The van der Waals surface area contributed by atoms with E-state index in [9.17, 15) is 4.79 Å². The molecule has 1 N–H and O–H groups in total. The van der Waals surface area contributed by atoms with Gasteiger partial charge in [0, 0.05) is 50.5 Å². The first-order valence-electron chi connectivity index (χ1n) is 8.89. The maximum Gasteiger partial charge on any atom is 0.228 e. The summed E-state index contributed by atoms with van der Waals surface area (Å²) in [6.07, 6.45) is 12.4. The van der Waals surface area contributed by atoms with Crippen LogP contribution in [0.25, 0.3) is 0 Å². The van der Waals surface area contributed by atoms with Gasteiger partial charge >= 0.3 is 0 Å². The lowest BCUT2D eigenvalue weighted by molar-refractivity contribution is -0.137. The predicted molar refractivity (Wildman–Crippen MR) is 92.4 cm³/mol. The largest absolute Gasteiger partial charge is 0.348 e. The third-order valence-electron chi connectivity index (χ3n) is 5.75. The van der Waals surface area contributed by atoms with Gasteiger partial charge in [-0.2, -0.15) is 0 Å². The first kappa shape index (κ1) is 16.2. The topological polar surface area (TPSA) is 78.0 Å². The van der Waals surface area contributed by atoms with Crippen LogP contribution in [-0.2, 0) is 17.8 Å². The highest BCUT2D eigenvalue weighted by molar-refractivity contribution is 5.85. The van der Waals surface area contributed by atoms with Crippen LogP contribution in [0.3, 0.4) is 0 Å². The Balaban J connectivity index is 1.40. The second-order valence-corrected chi connectivity index (χ2v) is 7.27. The smallest absolute Gasteiger partial charge is 0.228 e. The van der Waals surface area contributed by atoms with Gasteiger partial charge < -0.3 is 9.88 Å². The summed E-state index contributed by atoms with van der Waals surface area (Å²) < 4.78 is 0. The number of rotatable bonds is 4. The predicted octanol–water partition coefficient (Wildman–Crippen LogP) is 1.26. The summed E-state index contributed by atoms with van der Waals surface area (Å²) in [4.78, 5) is 33.2. The third-order valence-corrected chi connectivity index (χ3v) is 5.75. The van der Waals surface area contributed by atoms with Crippen molar-refractivity contribution in [2.24, 2.45) is 5.41 Å². The summed E-state index contributed by atoms with van der Waals surface area (Å²) in [6.45, 7) is 2.71. The van der Waals surface area contributed by atoms with Crippen molar-refractivity contribution in [3.63, 3.8) is 0 Å². The van der Waals surface area contributed by atoms with Crippen LogP contribution in [0.2, 0.25) is 0 Å². The van der Waals surface area contributed by atoms with E-state index < -0.39 is 0 Å². The molecule has 2 aromatic rings. The van der Waals surface area contributed by atoms with Crippen LogP contribution in [0, 0.1) is 5.41 Å². The van der Waals surface area contributed by atoms with Crippen LogP contribution in [0.5, 0.6) is 0 Å². The van der Waals surface area contributed by atoms with Crippen molar-refractivity contribution in [1.82, 2.24) is 29.7 Å². The number of nitrogens with zero attached hydrogens (tertiary/aromatic N) is 5. The SMILES string of the molecule is CN1C(=O)C2(CCN(Cc3ncc[nH]3)CC2)C[C@@H]1Cc1cnccn1. The van der Waals surface area contributed by atoms with E-state index in [0.29, 0.717) is 5.91 Å². The van der Waals surface area contributed by atoms with Crippen molar-refractivity contribution in [3.8, 4) is 0 Å². The van der Waals surface area contributed by atoms with Crippen molar-refractivity contribution in [2.45, 2.75) is 38.3 Å². The summed E-state index contributed by atoms with van der Waals surface area (Å²) in [5.41, 5.74) is 0.765. The molecule has 25 heavy (non-hydrogen) atoms. The number of aromatic amines is 1. The van der Waals surface area contributed by atoms with E-state index in [4.69, 9.17) is 0 Å². The molecular weight excluding hydrogens is 316 g/mol. The summed E-state index contributed by atoms with van der Waals surface area (Å²) in [5.74, 6) is 1.30. The van der Waals surface area contributed by atoms with Gasteiger partial charge in [-0.15, -0.1) is 0 Å². The summed E-state index contributed by atoms with van der Waals surface area (Å²) in [5, 5.41) is 0. The fourth-order valence-electron chi connectivity index (χ4n) is 4.25. The highest BCUT2D eigenvalue weighted by Crippen LogP contribution is 2.44. The number of nitrogens with one attached hydrogen (secondary N) is 1. The van der Waals surface area contributed by atoms with Gasteiger partial charge in [0.15, 0.2) is 0 Å². The van der Waals surface area contributed by atoms with Gasteiger partial charge in [-0.05, 0) is 32.4 Å². The normalized spacial score (nSPS) is 23.5. The van der Waals surface area contributed by atoms with Crippen molar-refractivity contribution >= 4 is 5.91 Å². The average molecular weight is 340 g/mol. The zero-order valence-corrected chi connectivity index (χ0v) is 14.6. The monoisotopic (exact) mass is 340 g/mol. The maximum absolute atomic E-state index is 13.0. The third kappa shape index (κ3) is 3.16. The zero-order chi connectivity index (χ0) is 17.3. The minimum atomic E-state index is -0.193. The second kappa shape index (κ2) is 6.55. The van der Waals surface area contributed by atoms with Crippen molar-refractivity contribution in [3.05, 3.63) is 42.5 Å². The Hall–Kier alpha value is -2.28. The molecule has 2 aromatic heterocycles. The van der Waals surface area contributed by atoms with E-state index in [1.165, 1.54) is 0 Å². The van der Waals surface area contributed by atoms with Gasteiger partial charge in [0.2, 0.25) is 5.91 Å². The molecule has 2 saturated heterocycles. The standard InChI is InChI=1S/C18H24N6O/c1-23-15(10-14-12-19-4-5-20-14)11-18(17(23)25)2-8-24(9-3-18)13-16-21-6-7-22-16/h4-7,12,15H,2-3,8-11,13H2,1H3,(H,21,22)/t15-/m0/s1. The lowest BCUT2D eigenvalue weighted by atomic mass is 9.75. The van der Waals surface area contributed by atoms with Crippen LogP contribution >= 0.6 is 0 Å². The number of aromatic nitrogens is 4. The Bertz CT molecular complexity index is 708. The number of H-pyrrole nitrogens is 1. The molecule has 1 amide bonds. The van der Waals surface area contributed by atoms with E-state index >= 15 is 0 Å². The van der Waals surface area contributed by atoms with E-state index in [-0.39, 0.29) is 11.5 Å². The van der Waals surface area contributed by atoms with Gasteiger partial charge in [-0.1, -0.05) is 0 Å². The average Bonchev–Trinajstić information content (AvgIpc) is 3.22. The van der Waals surface area contributed by atoms with Crippen molar-refractivity contribution in [1.29, 1.82) is 0 Å². The molecule has 132 valence electrons. The molecule has 2 fully saturated rings. The molecule has 7 nitrogen and oxygen atoms in total. The fourth-order valence-corrected chi connectivity index (χ4v) is 4.25. The van der Waals surface area contributed by atoms with Crippen LogP contribution < -0.4 is 0 Å². The van der Waals surface area contributed by atoms with Crippen LogP contribution in [0.1, 0.15) is 30.8 Å². The van der Waals surface area contributed by atoms with Crippen LogP contribution in [0.4, 0.5) is 0 Å². The Labute approximate surface area is 147 Å². The molecule has 7 heteroatoms. The van der Waals surface area contributed by atoms with Crippen molar-refractivity contribution < 1.29 is 4.79 Å². The number of hydrogen-bond donors (Lipinski definition) is 1. The van der Waals surface area contributed by atoms with E-state index in [1.54, 1.807) is 24.8 Å². The number of likely N-dealkylation sites (N-methyl/N-ethyl adjacent to an activating group) is 1. The van der Waals surface area contributed by atoms with Gasteiger partial charge in [0.05, 0.1) is 17.7 Å². The molecule has 0 aliphatic carbocycles. The Kier molecular flexibility index (Phi) is 4.25. The highest BCUT2D eigenvalue weighted by Gasteiger charge is 2.51. The number of hydrogen-bond acceptors (Lipinski definition) is 5. The molecule has 1 spiro atoms. The quantitative estimate of drug-likeness (QED) is 0.906.